The molecule has 0 N–H and O–H groups in total. The normalized spacial score (nSPS) is 24.4. The molecule has 0 radical (unpaired) electrons. The van der Waals surface area contributed by atoms with Gasteiger partial charge in [-0.05, 0) is 64.2 Å². The molecule has 0 saturated carbocycles. The Kier molecular flexibility index (Phi) is 18.0. The molecule has 0 aliphatic carbocycles. The van der Waals surface area contributed by atoms with Crippen LogP contribution in [-0.2, 0) is 42.8 Å². The molecule has 3 unspecified atom stereocenters. The van der Waals surface area contributed by atoms with E-state index in [0.29, 0.717) is 23.7 Å². The zero-order valence-electron chi connectivity index (χ0n) is 25.2. The second-order valence-corrected chi connectivity index (χ2v) is 14.9. The van der Waals surface area contributed by atoms with E-state index in [2.05, 4.69) is 0 Å². The molecule has 3 rings (SSSR count). The Balaban J connectivity index is 1.43. The standard InChI is InChI=1S/C30H50O9S3/c1-2-30(21-37-24(31)12-18-40-27-9-3-6-15-34-27,22-38-25(32)13-19-41-28-10-4-7-16-35-28)23-39-26(33)14-20-42-29-11-5-8-17-36-29/h27-29H,2-23H2,1H3. The molecule has 242 valence electrons. The Bertz CT molecular complexity index is 684. The van der Waals surface area contributed by atoms with E-state index in [9.17, 15) is 14.4 Å². The number of thioether (sulfide) groups is 3. The molecule has 0 spiro atoms. The number of carbonyl (C=O) groups excluding carboxylic acids is 3. The lowest BCUT2D eigenvalue weighted by molar-refractivity contribution is -0.161. The Hall–Kier alpha value is -0.660. The van der Waals surface area contributed by atoms with Crippen molar-refractivity contribution in [1.29, 1.82) is 0 Å². The third-order valence-electron chi connectivity index (χ3n) is 7.61. The van der Waals surface area contributed by atoms with Gasteiger partial charge < -0.3 is 28.4 Å². The van der Waals surface area contributed by atoms with Gasteiger partial charge in [-0.3, -0.25) is 14.4 Å². The molecular formula is C30H50O9S3. The predicted molar refractivity (Wildman–Crippen MR) is 168 cm³/mol. The molecule has 0 aromatic heterocycles. The molecule has 3 atom stereocenters. The minimum atomic E-state index is -0.806. The summed E-state index contributed by atoms with van der Waals surface area (Å²) < 4.78 is 34.1. The van der Waals surface area contributed by atoms with Crippen LogP contribution in [0.1, 0.15) is 90.4 Å². The van der Waals surface area contributed by atoms with Crippen molar-refractivity contribution in [1.82, 2.24) is 0 Å². The molecule has 3 aliphatic heterocycles. The Morgan fingerprint density at radius 3 is 1.19 bits per heavy atom. The zero-order chi connectivity index (χ0) is 29.9. The molecular weight excluding hydrogens is 601 g/mol. The minimum absolute atomic E-state index is 0.0167. The molecule has 0 aromatic carbocycles. The molecule has 9 nitrogen and oxygen atoms in total. The highest BCUT2D eigenvalue weighted by Crippen LogP contribution is 2.28. The average molecular weight is 651 g/mol. The lowest BCUT2D eigenvalue weighted by Gasteiger charge is -2.31. The van der Waals surface area contributed by atoms with Gasteiger partial charge >= 0.3 is 17.9 Å². The summed E-state index contributed by atoms with van der Waals surface area (Å²) in [5.74, 6) is 0.913. The van der Waals surface area contributed by atoms with Crippen LogP contribution < -0.4 is 0 Å². The minimum Gasteiger partial charge on any atom is -0.465 e. The SMILES string of the molecule is CCC(COC(=O)CCSC1CCCCO1)(COC(=O)CCSC1CCCCO1)COC(=O)CCSC1CCCCO1. The summed E-state index contributed by atoms with van der Waals surface area (Å²) in [6.45, 7) is 4.31. The van der Waals surface area contributed by atoms with Crippen LogP contribution in [0.4, 0.5) is 0 Å². The average Bonchev–Trinajstić information content (AvgIpc) is 3.02. The van der Waals surface area contributed by atoms with Crippen LogP contribution in [0, 0.1) is 5.41 Å². The summed E-state index contributed by atoms with van der Waals surface area (Å²) in [7, 11) is 0. The van der Waals surface area contributed by atoms with Crippen molar-refractivity contribution >= 4 is 53.2 Å². The monoisotopic (exact) mass is 650 g/mol. The first-order chi connectivity index (χ1) is 20.5. The van der Waals surface area contributed by atoms with Gasteiger partial charge in [-0.25, -0.2) is 0 Å². The van der Waals surface area contributed by atoms with Crippen LogP contribution in [0.15, 0.2) is 0 Å². The van der Waals surface area contributed by atoms with E-state index in [1.165, 1.54) is 0 Å². The van der Waals surface area contributed by atoms with Crippen LogP contribution in [0.3, 0.4) is 0 Å². The maximum absolute atomic E-state index is 12.6. The summed E-state index contributed by atoms with van der Waals surface area (Å²) in [4.78, 5) is 37.8. The van der Waals surface area contributed by atoms with Crippen LogP contribution in [0.5, 0.6) is 0 Å². The van der Waals surface area contributed by atoms with Crippen LogP contribution in [-0.4, -0.2) is 91.1 Å². The number of hydrogen-bond donors (Lipinski definition) is 0. The van der Waals surface area contributed by atoms with E-state index in [4.69, 9.17) is 28.4 Å². The van der Waals surface area contributed by atoms with Gasteiger partial charge in [0, 0.05) is 37.1 Å². The molecule has 12 heteroatoms. The fourth-order valence-electron chi connectivity index (χ4n) is 4.70. The summed E-state index contributed by atoms with van der Waals surface area (Å²) in [5, 5.41) is 0. The molecule has 0 bridgehead atoms. The van der Waals surface area contributed by atoms with E-state index in [1.54, 1.807) is 35.3 Å². The summed E-state index contributed by atoms with van der Waals surface area (Å²) in [5.41, 5.74) is -0.373. The lowest BCUT2D eigenvalue weighted by atomic mass is 9.88. The number of rotatable bonds is 19. The van der Waals surface area contributed by atoms with Crippen molar-refractivity contribution in [2.45, 2.75) is 107 Å². The lowest BCUT2D eigenvalue weighted by Crippen LogP contribution is -2.39. The maximum atomic E-state index is 12.6. The van der Waals surface area contributed by atoms with Crippen LogP contribution in [0.2, 0.25) is 0 Å². The first kappa shape index (κ1) is 35.8. The van der Waals surface area contributed by atoms with Crippen molar-refractivity contribution in [2.75, 3.05) is 56.9 Å². The smallest absolute Gasteiger partial charge is 0.306 e. The zero-order valence-corrected chi connectivity index (χ0v) is 27.6. The summed E-state index contributed by atoms with van der Waals surface area (Å²) >= 11 is 4.94. The third kappa shape index (κ3) is 14.9. The maximum Gasteiger partial charge on any atom is 0.306 e. The molecule has 3 heterocycles. The van der Waals surface area contributed by atoms with Gasteiger partial charge in [-0.15, -0.1) is 35.3 Å². The number of esters is 3. The molecule has 3 aliphatic rings. The van der Waals surface area contributed by atoms with E-state index < -0.39 is 5.41 Å². The van der Waals surface area contributed by atoms with Gasteiger partial charge in [0.05, 0.1) is 24.7 Å². The Morgan fingerprint density at radius 1 is 0.595 bits per heavy atom. The summed E-state index contributed by atoms with van der Waals surface area (Å²) in [6, 6.07) is 0. The Labute approximate surface area is 264 Å². The van der Waals surface area contributed by atoms with Gasteiger partial charge in [0.2, 0.25) is 0 Å². The van der Waals surface area contributed by atoms with Crippen molar-refractivity contribution < 1.29 is 42.8 Å². The number of hydrogen-bond acceptors (Lipinski definition) is 12. The van der Waals surface area contributed by atoms with Gasteiger partial charge in [0.25, 0.3) is 0 Å². The second-order valence-electron chi connectivity index (χ2n) is 11.1. The van der Waals surface area contributed by atoms with Crippen molar-refractivity contribution in [3.8, 4) is 0 Å². The third-order valence-corrected chi connectivity index (χ3v) is 11.2. The Morgan fingerprint density at radius 2 is 0.929 bits per heavy atom. The molecule has 3 fully saturated rings. The van der Waals surface area contributed by atoms with Gasteiger partial charge in [-0.1, -0.05) is 6.92 Å². The van der Waals surface area contributed by atoms with Crippen LogP contribution in [0.25, 0.3) is 0 Å². The van der Waals surface area contributed by atoms with Gasteiger partial charge in [0.1, 0.15) is 36.1 Å². The second kappa shape index (κ2) is 21.1. The van der Waals surface area contributed by atoms with E-state index in [1.807, 2.05) is 6.92 Å². The first-order valence-corrected chi connectivity index (χ1v) is 18.8. The quantitative estimate of drug-likeness (QED) is 0.122. The van der Waals surface area contributed by atoms with Crippen LogP contribution >= 0.6 is 35.3 Å². The van der Waals surface area contributed by atoms with Crippen molar-refractivity contribution in [3.63, 3.8) is 0 Å². The topological polar surface area (TPSA) is 107 Å². The predicted octanol–water partition coefficient (Wildman–Crippen LogP) is 5.96. The first-order valence-electron chi connectivity index (χ1n) is 15.6. The highest BCUT2D eigenvalue weighted by molar-refractivity contribution is 8.00. The van der Waals surface area contributed by atoms with Crippen molar-refractivity contribution in [3.05, 3.63) is 0 Å². The largest absolute Gasteiger partial charge is 0.465 e. The van der Waals surface area contributed by atoms with E-state index in [0.717, 1.165) is 77.6 Å². The van der Waals surface area contributed by atoms with E-state index in [-0.39, 0.29) is 73.3 Å². The molecule has 0 amide bonds. The highest BCUT2D eigenvalue weighted by Gasteiger charge is 2.34. The summed E-state index contributed by atoms with van der Waals surface area (Å²) in [6.07, 6.45) is 11.1. The molecule has 0 aromatic rings. The molecule has 42 heavy (non-hydrogen) atoms. The van der Waals surface area contributed by atoms with Gasteiger partial charge in [-0.2, -0.15) is 0 Å². The molecule has 3 saturated heterocycles. The van der Waals surface area contributed by atoms with Gasteiger partial charge in [0.15, 0.2) is 0 Å². The number of ether oxygens (including phenoxy) is 6. The fourth-order valence-corrected chi connectivity index (χ4v) is 7.92. The highest BCUT2D eigenvalue weighted by atomic mass is 32.2. The van der Waals surface area contributed by atoms with Crippen molar-refractivity contribution in [2.24, 2.45) is 5.41 Å². The fraction of sp³-hybridized carbons (Fsp3) is 0.900. The van der Waals surface area contributed by atoms with E-state index >= 15 is 0 Å². The number of carbonyl (C=O) groups is 3.